The van der Waals surface area contributed by atoms with Gasteiger partial charge in [0.1, 0.15) is 17.3 Å². The van der Waals surface area contributed by atoms with Crippen molar-refractivity contribution in [2.75, 3.05) is 11.4 Å². The number of rotatable bonds is 4. The van der Waals surface area contributed by atoms with Crippen molar-refractivity contribution in [3.8, 4) is 6.07 Å². The summed E-state index contributed by atoms with van der Waals surface area (Å²) in [6, 6.07) is 14.8. The van der Waals surface area contributed by atoms with Gasteiger partial charge < -0.3 is 0 Å². The van der Waals surface area contributed by atoms with Crippen LogP contribution in [0.25, 0.3) is 10.2 Å². The summed E-state index contributed by atoms with van der Waals surface area (Å²) in [7, 11) is 0. The normalized spacial score (nSPS) is 17.6. The largest absolute Gasteiger partial charge is 0.300 e. The second-order valence-electron chi connectivity index (χ2n) is 7.47. The fraction of sp³-hybridized carbons (Fsp3) is 0.217. The number of fused-ring (bicyclic) bond motifs is 1. The maximum atomic E-state index is 13.3. The van der Waals surface area contributed by atoms with Gasteiger partial charge in [-0.05, 0) is 43.2 Å². The molecule has 2 heterocycles. The number of carbonyl (C=O) groups excluding carboxylic acids is 3. The molecule has 4 rings (SSSR count). The number of nitriles is 1. The quantitative estimate of drug-likeness (QED) is 0.490. The molecular weight excluding hydrogens is 426 g/mol. The third-order valence-electron chi connectivity index (χ3n) is 5.15. The number of hydrogen-bond donors (Lipinski definition) is 1. The maximum Gasteiger partial charge on any atom is 0.295 e. The van der Waals surface area contributed by atoms with Gasteiger partial charge in [-0.3, -0.25) is 19.3 Å². The molecule has 1 aromatic heterocycles. The minimum Gasteiger partial charge on any atom is -0.300 e. The standard InChI is InChI=1S/C23H19N5O3S/c1-13-7-8-14(2)17(11-13)28-12-16(26-27-19(29)9-10-24)20(21(30)23(28)31)22-25-15-5-3-4-6-18(15)32-22/h3-8,11,20H,9,12H2,1-2H3,(H,27,29)/b26-16+. The third-order valence-corrected chi connectivity index (χ3v) is 6.25. The predicted octanol–water partition coefficient (Wildman–Crippen LogP) is 3.00. The lowest BCUT2D eigenvalue weighted by atomic mass is 9.92. The highest BCUT2D eigenvalue weighted by Crippen LogP contribution is 2.34. The first-order valence-electron chi connectivity index (χ1n) is 9.89. The number of ketones is 1. The summed E-state index contributed by atoms with van der Waals surface area (Å²) in [5.41, 5.74) is 5.74. The molecule has 0 bridgehead atoms. The summed E-state index contributed by atoms with van der Waals surface area (Å²) in [5.74, 6) is -2.90. The van der Waals surface area contributed by atoms with E-state index in [9.17, 15) is 14.4 Å². The number of nitrogens with zero attached hydrogens (tertiary/aromatic N) is 4. The van der Waals surface area contributed by atoms with E-state index in [-0.39, 0.29) is 13.0 Å². The number of para-hydroxylation sites is 1. The Bertz CT molecular complexity index is 1290. The van der Waals surface area contributed by atoms with Crippen LogP contribution in [0.5, 0.6) is 0 Å². The number of hydrazone groups is 1. The van der Waals surface area contributed by atoms with Gasteiger partial charge in [0.15, 0.2) is 0 Å². The van der Waals surface area contributed by atoms with Crippen molar-refractivity contribution in [1.82, 2.24) is 10.4 Å². The molecule has 1 aliphatic rings. The maximum absolute atomic E-state index is 13.3. The van der Waals surface area contributed by atoms with Gasteiger partial charge in [0, 0.05) is 5.69 Å². The van der Waals surface area contributed by atoms with Crippen molar-refractivity contribution in [1.29, 1.82) is 5.26 Å². The molecule has 1 fully saturated rings. The number of amides is 2. The Morgan fingerprint density at radius 3 is 2.81 bits per heavy atom. The SMILES string of the molecule is Cc1ccc(C)c(N2C/C(=N\NC(=O)CC#N)C(c3nc4ccccc4s3)C(=O)C2=O)c1. The lowest BCUT2D eigenvalue weighted by molar-refractivity contribution is -0.136. The second-order valence-corrected chi connectivity index (χ2v) is 8.53. The molecule has 9 heteroatoms. The lowest BCUT2D eigenvalue weighted by Crippen LogP contribution is -2.51. The molecule has 1 atom stereocenters. The summed E-state index contributed by atoms with van der Waals surface area (Å²) in [6.45, 7) is 3.78. The molecule has 0 aliphatic carbocycles. The molecule has 8 nitrogen and oxygen atoms in total. The molecule has 1 N–H and O–H groups in total. The van der Waals surface area contributed by atoms with Crippen molar-refractivity contribution in [3.63, 3.8) is 0 Å². The topological polar surface area (TPSA) is 116 Å². The van der Waals surface area contributed by atoms with Crippen LogP contribution in [-0.4, -0.2) is 34.8 Å². The second kappa shape index (κ2) is 8.69. The van der Waals surface area contributed by atoms with E-state index in [1.54, 1.807) is 6.07 Å². The van der Waals surface area contributed by atoms with Crippen LogP contribution in [0.3, 0.4) is 0 Å². The minimum absolute atomic E-state index is 0.0162. The fourth-order valence-corrected chi connectivity index (χ4v) is 4.65. The molecule has 2 aromatic carbocycles. The third kappa shape index (κ3) is 4.00. The Morgan fingerprint density at radius 1 is 1.28 bits per heavy atom. The van der Waals surface area contributed by atoms with Gasteiger partial charge in [0.05, 0.1) is 28.5 Å². The van der Waals surface area contributed by atoms with Crippen molar-refractivity contribution >= 4 is 50.6 Å². The number of aryl methyl sites for hydroxylation is 2. The molecule has 2 amide bonds. The number of nitrogens with one attached hydrogen (secondary N) is 1. The van der Waals surface area contributed by atoms with Crippen LogP contribution in [0.4, 0.5) is 5.69 Å². The summed E-state index contributed by atoms with van der Waals surface area (Å²) in [4.78, 5) is 44.2. The Hall–Kier alpha value is -3.90. The highest BCUT2D eigenvalue weighted by molar-refractivity contribution is 7.19. The summed E-state index contributed by atoms with van der Waals surface area (Å²) in [6.07, 6.45) is -0.365. The monoisotopic (exact) mass is 445 g/mol. The number of carbonyl (C=O) groups is 3. The highest BCUT2D eigenvalue weighted by Gasteiger charge is 2.43. The number of anilines is 1. The minimum atomic E-state index is -0.997. The molecule has 0 saturated carbocycles. The first-order chi connectivity index (χ1) is 15.4. The van der Waals surface area contributed by atoms with Crippen LogP contribution in [0, 0.1) is 25.2 Å². The number of thiazole rings is 1. The predicted molar refractivity (Wildman–Crippen MR) is 121 cm³/mol. The van der Waals surface area contributed by atoms with Crippen LogP contribution in [0.1, 0.15) is 28.5 Å². The van der Waals surface area contributed by atoms with E-state index in [1.807, 2.05) is 56.3 Å². The van der Waals surface area contributed by atoms with Gasteiger partial charge in [-0.2, -0.15) is 10.4 Å². The van der Waals surface area contributed by atoms with Crippen LogP contribution in [0.15, 0.2) is 47.6 Å². The number of benzene rings is 2. The molecule has 32 heavy (non-hydrogen) atoms. The van der Waals surface area contributed by atoms with Gasteiger partial charge >= 0.3 is 0 Å². The number of aromatic nitrogens is 1. The Kier molecular flexibility index (Phi) is 5.79. The first kappa shape index (κ1) is 21.3. The van der Waals surface area contributed by atoms with Crippen molar-refractivity contribution in [3.05, 3.63) is 58.6 Å². The van der Waals surface area contributed by atoms with E-state index in [4.69, 9.17) is 5.26 Å². The molecular formula is C23H19N5O3S. The van der Waals surface area contributed by atoms with E-state index in [1.165, 1.54) is 16.2 Å². The van der Waals surface area contributed by atoms with Gasteiger partial charge in [0.25, 0.3) is 11.8 Å². The van der Waals surface area contributed by atoms with Crippen LogP contribution < -0.4 is 10.3 Å². The number of Topliss-reactive ketones (excluding diaryl/α,β-unsaturated/α-hetero) is 1. The highest BCUT2D eigenvalue weighted by atomic mass is 32.1. The summed E-state index contributed by atoms with van der Waals surface area (Å²) in [5, 5.41) is 13.3. The Morgan fingerprint density at radius 2 is 2.06 bits per heavy atom. The molecule has 160 valence electrons. The van der Waals surface area contributed by atoms with Crippen molar-refractivity contribution in [2.24, 2.45) is 5.10 Å². The summed E-state index contributed by atoms with van der Waals surface area (Å²) >= 11 is 1.31. The molecule has 1 saturated heterocycles. The lowest BCUT2D eigenvalue weighted by Gasteiger charge is -2.32. The van der Waals surface area contributed by atoms with Crippen LogP contribution in [-0.2, 0) is 14.4 Å². The number of hydrogen-bond acceptors (Lipinski definition) is 7. The van der Waals surface area contributed by atoms with Gasteiger partial charge in [0.2, 0.25) is 5.78 Å². The average Bonchev–Trinajstić information content (AvgIpc) is 3.20. The van der Waals surface area contributed by atoms with Gasteiger partial charge in [-0.25, -0.2) is 10.4 Å². The smallest absolute Gasteiger partial charge is 0.295 e. The Labute approximate surface area is 188 Å². The van der Waals surface area contributed by atoms with E-state index in [0.29, 0.717) is 16.4 Å². The van der Waals surface area contributed by atoms with E-state index in [2.05, 4.69) is 15.5 Å². The fourth-order valence-electron chi connectivity index (χ4n) is 3.55. The van der Waals surface area contributed by atoms with E-state index < -0.39 is 23.5 Å². The van der Waals surface area contributed by atoms with Crippen LogP contribution in [0.2, 0.25) is 0 Å². The Balaban J connectivity index is 1.78. The molecule has 0 radical (unpaired) electrons. The van der Waals surface area contributed by atoms with Crippen molar-refractivity contribution < 1.29 is 14.4 Å². The first-order valence-corrected chi connectivity index (χ1v) is 10.7. The molecule has 3 aromatic rings. The van der Waals surface area contributed by atoms with Crippen LogP contribution >= 0.6 is 11.3 Å². The van der Waals surface area contributed by atoms with Crippen molar-refractivity contribution in [2.45, 2.75) is 26.2 Å². The van der Waals surface area contributed by atoms with Gasteiger partial charge in [-0.15, -0.1) is 11.3 Å². The van der Waals surface area contributed by atoms with Gasteiger partial charge in [-0.1, -0.05) is 24.3 Å². The zero-order valence-corrected chi connectivity index (χ0v) is 18.3. The van der Waals surface area contributed by atoms with E-state index >= 15 is 0 Å². The zero-order valence-electron chi connectivity index (χ0n) is 17.5. The van der Waals surface area contributed by atoms with E-state index in [0.717, 1.165) is 21.3 Å². The molecule has 1 unspecified atom stereocenters. The average molecular weight is 446 g/mol. The molecule has 1 aliphatic heterocycles. The molecule has 0 spiro atoms. The number of piperidine rings is 1. The summed E-state index contributed by atoms with van der Waals surface area (Å²) < 4.78 is 0.882. The zero-order chi connectivity index (χ0) is 22.8.